The van der Waals surface area contributed by atoms with Crippen molar-refractivity contribution < 1.29 is 10.3 Å². The van der Waals surface area contributed by atoms with Crippen LogP contribution >= 0.6 is 0 Å². The van der Waals surface area contributed by atoms with Crippen molar-refractivity contribution in [2.75, 3.05) is 0 Å². The standard InChI is InChI=1S/C13H20N4O2/c1-13(2)10(6-11(13)18)16-7-8-3-4-15-9(5-8)12(14)17-19/h3-5,10-11,16,18-19H,6-7H2,1-2H3,(H2,14,17). The third kappa shape index (κ3) is 2.69. The van der Waals surface area contributed by atoms with Crippen LogP contribution < -0.4 is 11.1 Å². The number of nitrogens with one attached hydrogen (secondary N) is 1. The molecule has 0 aromatic carbocycles. The van der Waals surface area contributed by atoms with Gasteiger partial charge < -0.3 is 21.4 Å². The van der Waals surface area contributed by atoms with E-state index < -0.39 is 0 Å². The molecule has 1 heterocycles. The molecular formula is C13H20N4O2. The summed E-state index contributed by atoms with van der Waals surface area (Å²) in [5.74, 6) is 0.00115. The fourth-order valence-electron chi connectivity index (χ4n) is 2.27. The zero-order valence-electron chi connectivity index (χ0n) is 11.2. The van der Waals surface area contributed by atoms with Crippen molar-refractivity contribution in [3.8, 4) is 0 Å². The number of hydrogen-bond acceptors (Lipinski definition) is 5. The van der Waals surface area contributed by atoms with Gasteiger partial charge in [0.25, 0.3) is 0 Å². The molecule has 0 aliphatic heterocycles. The van der Waals surface area contributed by atoms with Gasteiger partial charge in [0.2, 0.25) is 0 Å². The number of amidine groups is 1. The molecular weight excluding hydrogens is 244 g/mol. The Morgan fingerprint density at radius 2 is 2.37 bits per heavy atom. The minimum absolute atomic E-state index is 0.00115. The average Bonchev–Trinajstić information content (AvgIpc) is 2.42. The Morgan fingerprint density at radius 1 is 1.63 bits per heavy atom. The first-order valence-electron chi connectivity index (χ1n) is 6.29. The molecule has 0 spiro atoms. The normalized spacial score (nSPS) is 25.9. The van der Waals surface area contributed by atoms with E-state index in [2.05, 4.69) is 15.5 Å². The molecule has 1 aromatic rings. The van der Waals surface area contributed by atoms with Gasteiger partial charge in [-0.3, -0.25) is 4.98 Å². The summed E-state index contributed by atoms with van der Waals surface area (Å²) in [6, 6.07) is 3.95. The molecule has 2 rings (SSSR count). The summed E-state index contributed by atoms with van der Waals surface area (Å²) in [6.45, 7) is 4.76. The number of rotatable bonds is 4. The summed E-state index contributed by atoms with van der Waals surface area (Å²) < 4.78 is 0. The van der Waals surface area contributed by atoms with Crippen LogP contribution in [0.2, 0.25) is 0 Å². The largest absolute Gasteiger partial charge is 0.409 e. The first-order valence-corrected chi connectivity index (χ1v) is 6.29. The molecule has 1 aliphatic rings. The molecule has 1 aromatic heterocycles. The first-order chi connectivity index (χ1) is 8.95. The van der Waals surface area contributed by atoms with Crippen molar-refractivity contribution >= 4 is 5.84 Å². The van der Waals surface area contributed by atoms with Crippen LogP contribution in [0, 0.1) is 5.41 Å². The van der Waals surface area contributed by atoms with Gasteiger partial charge in [-0.25, -0.2) is 0 Å². The smallest absolute Gasteiger partial charge is 0.188 e. The summed E-state index contributed by atoms with van der Waals surface area (Å²) in [4.78, 5) is 4.03. The van der Waals surface area contributed by atoms with Gasteiger partial charge in [-0.05, 0) is 24.1 Å². The van der Waals surface area contributed by atoms with Crippen molar-refractivity contribution in [3.63, 3.8) is 0 Å². The summed E-state index contributed by atoms with van der Waals surface area (Å²) in [6.07, 6.45) is 2.16. The summed E-state index contributed by atoms with van der Waals surface area (Å²) in [5.41, 5.74) is 6.87. The molecule has 6 heteroatoms. The number of pyridine rings is 1. The maximum absolute atomic E-state index is 9.68. The SMILES string of the molecule is CC1(C)C(O)CC1NCc1ccnc(/C(N)=N/O)c1. The first kappa shape index (κ1) is 13.8. The Morgan fingerprint density at radius 3 is 2.95 bits per heavy atom. The second kappa shape index (κ2) is 5.14. The van der Waals surface area contributed by atoms with Gasteiger partial charge in [-0.2, -0.15) is 0 Å². The molecule has 2 unspecified atom stereocenters. The predicted octanol–water partition coefficient (Wildman–Crippen LogP) is 0.425. The molecule has 0 saturated heterocycles. The highest BCUT2D eigenvalue weighted by atomic mass is 16.4. The zero-order valence-corrected chi connectivity index (χ0v) is 11.2. The number of aliphatic hydroxyl groups excluding tert-OH is 1. The Kier molecular flexibility index (Phi) is 3.73. The molecule has 1 saturated carbocycles. The van der Waals surface area contributed by atoms with Gasteiger partial charge in [0.1, 0.15) is 5.69 Å². The van der Waals surface area contributed by atoms with Crippen molar-refractivity contribution in [3.05, 3.63) is 29.6 Å². The molecule has 1 fully saturated rings. The van der Waals surface area contributed by atoms with E-state index in [1.165, 1.54) is 0 Å². The Labute approximate surface area is 112 Å². The van der Waals surface area contributed by atoms with Gasteiger partial charge >= 0.3 is 0 Å². The lowest BCUT2D eigenvalue weighted by Gasteiger charge is -2.49. The van der Waals surface area contributed by atoms with E-state index in [1.54, 1.807) is 12.3 Å². The highest BCUT2D eigenvalue weighted by molar-refractivity contribution is 5.95. The molecule has 0 amide bonds. The van der Waals surface area contributed by atoms with Crippen LogP contribution in [0.15, 0.2) is 23.5 Å². The fourth-order valence-corrected chi connectivity index (χ4v) is 2.27. The fraction of sp³-hybridized carbons (Fsp3) is 0.538. The number of nitrogens with two attached hydrogens (primary N) is 1. The van der Waals surface area contributed by atoms with Crippen LogP contribution in [0.3, 0.4) is 0 Å². The van der Waals surface area contributed by atoms with Gasteiger partial charge in [0.15, 0.2) is 5.84 Å². The second-order valence-electron chi connectivity index (χ2n) is 5.54. The van der Waals surface area contributed by atoms with Gasteiger partial charge in [0, 0.05) is 24.2 Å². The maximum atomic E-state index is 9.68. The van der Waals surface area contributed by atoms with E-state index in [4.69, 9.17) is 10.9 Å². The predicted molar refractivity (Wildman–Crippen MR) is 71.8 cm³/mol. The number of aliphatic hydroxyl groups is 1. The van der Waals surface area contributed by atoms with Crippen molar-refractivity contribution in [1.29, 1.82) is 0 Å². The van der Waals surface area contributed by atoms with E-state index in [9.17, 15) is 5.11 Å². The van der Waals surface area contributed by atoms with Crippen LogP contribution in [0.25, 0.3) is 0 Å². The highest BCUT2D eigenvalue weighted by Crippen LogP contribution is 2.40. The third-order valence-electron chi connectivity index (χ3n) is 3.96. The van der Waals surface area contributed by atoms with Crippen molar-refractivity contribution in [2.45, 2.75) is 39.0 Å². The lowest BCUT2D eigenvalue weighted by atomic mass is 9.64. The minimum atomic E-state index is -0.241. The summed E-state index contributed by atoms with van der Waals surface area (Å²) in [7, 11) is 0. The number of hydrogen-bond donors (Lipinski definition) is 4. The topological polar surface area (TPSA) is 104 Å². The Hall–Kier alpha value is -1.66. The van der Waals surface area contributed by atoms with Gasteiger partial charge in [-0.15, -0.1) is 0 Å². The van der Waals surface area contributed by atoms with Crippen molar-refractivity contribution in [2.24, 2.45) is 16.3 Å². The molecule has 0 radical (unpaired) electrons. The average molecular weight is 264 g/mol. The monoisotopic (exact) mass is 264 g/mol. The Bertz CT molecular complexity index is 487. The van der Waals surface area contributed by atoms with Crippen LogP contribution in [-0.2, 0) is 6.54 Å². The van der Waals surface area contributed by atoms with E-state index >= 15 is 0 Å². The van der Waals surface area contributed by atoms with E-state index in [0.717, 1.165) is 12.0 Å². The highest BCUT2D eigenvalue weighted by Gasteiger charge is 2.46. The number of nitrogens with zero attached hydrogens (tertiary/aromatic N) is 2. The molecule has 1 aliphatic carbocycles. The molecule has 19 heavy (non-hydrogen) atoms. The van der Waals surface area contributed by atoms with Crippen LogP contribution in [-0.4, -0.2) is 33.3 Å². The van der Waals surface area contributed by atoms with Gasteiger partial charge in [0.05, 0.1) is 6.10 Å². The maximum Gasteiger partial charge on any atom is 0.188 e. The van der Waals surface area contributed by atoms with Crippen molar-refractivity contribution in [1.82, 2.24) is 10.3 Å². The Balaban J connectivity index is 1.97. The quantitative estimate of drug-likeness (QED) is 0.273. The molecule has 5 N–H and O–H groups in total. The number of oxime groups is 1. The van der Waals surface area contributed by atoms with Crippen LogP contribution in [0.5, 0.6) is 0 Å². The van der Waals surface area contributed by atoms with Crippen LogP contribution in [0.1, 0.15) is 31.5 Å². The van der Waals surface area contributed by atoms with Gasteiger partial charge in [-0.1, -0.05) is 19.0 Å². The summed E-state index contributed by atoms with van der Waals surface area (Å²) >= 11 is 0. The molecule has 2 atom stereocenters. The molecule has 0 bridgehead atoms. The zero-order chi connectivity index (χ0) is 14.0. The van der Waals surface area contributed by atoms with E-state index in [-0.39, 0.29) is 17.4 Å². The lowest BCUT2D eigenvalue weighted by Crippen LogP contribution is -2.59. The summed E-state index contributed by atoms with van der Waals surface area (Å²) in [5, 5.41) is 24.6. The van der Waals surface area contributed by atoms with E-state index in [1.807, 2.05) is 19.9 Å². The molecule has 104 valence electrons. The van der Waals surface area contributed by atoms with E-state index in [0.29, 0.717) is 18.3 Å². The third-order valence-corrected chi connectivity index (χ3v) is 3.96. The molecule has 6 nitrogen and oxygen atoms in total. The second-order valence-corrected chi connectivity index (χ2v) is 5.54. The number of aromatic nitrogens is 1. The lowest BCUT2D eigenvalue weighted by molar-refractivity contribution is -0.0729. The minimum Gasteiger partial charge on any atom is -0.409 e. The van der Waals surface area contributed by atoms with Crippen LogP contribution in [0.4, 0.5) is 0 Å².